The van der Waals surface area contributed by atoms with E-state index in [2.05, 4.69) is 16.7 Å². The first-order valence-electron chi connectivity index (χ1n) is 12.0. The van der Waals surface area contributed by atoms with Crippen LogP contribution >= 0.6 is 22.9 Å². The molecule has 2 aliphatic rings. The molecule has 0 amide bonds. The van der Waals surface area contributed by atoms with Crippen LogP contribution in [0.2, 0.25) is 5.02 Å². The molecule has 0 bridgehead atoms. The molecule has 2 atom stereocenters. The summed E-state index contributed by atoms with van der Waals surface area (Å²) in [5.41, 5.74) is -0.190. The minimum absolute atomic E-state index is 0.0208. The van der Waals surface area contributed by atoms with E-state index in [9.17, 15) is 26.7 Å². The predicted octanol–water partition coefficient (Wildman–Crippen LogP) is 4.32. The zero-order valence-corrected chi connectivity index (χ0v) is 23.5. The van der Waals surface area contributed by atoms with Gasteiger partial charge in [0.25, 0.3) is 0 Å². The molecule has 0 radical (unpaired) electrons. The molecule has 15 heteroatoms. The Morgan fingerprint density at radius 1 is 1.38 bits per heavy atom. The summed E-state index contributed by atoms with van der Waals surface area (Å²) in [6.45, 7) is 0.368. The van der Waals surface area contributed by atoms with Crippen LogP contribution < -0.4 is 0 Å². The molecular weight excluding hydrogens is 589 g/mol. The molecule has 5 rings (SSSR count). The fourth-order valence-electron chi connectivity index (χ4n) is 4.94. The van der Waals surface area contributed by atoms with Gasteiger partial charge in [-0.3, -0.25) is 4.99 Å². The number of nitrogens with zero attached hydrogens (tertiary/aromatic N) is 6. The number of aliphatic imine (C=N–C) groups is 1. The first-order chi connectivity index (χ1) is 18.9. The minimum atomic E-state index is -3.70. The monoisotopic (exact) mass is 612 g/mol. The van der Waals surface area contributed by atoms with Gasteiger partial charge in [0.2, 0.25) is 10.0 Å². The normalized spacial score (nSPS) is 21.4. The molecule has 1 fully saturated rings. The third-order valence-corrected chi connectivity index (χ3v) is 8.92. The summed E-state index contributed by atoms with van der Waals surface area (Å²) in [6.07, 6.45) is 5.11. The van der Waals surface area contributed by atoms with Gasteiger partial charge in [-0.1, -0.05) is 23.7 Å². The molecule has 2 aliphatic heterocycles. The van der Waals surface area contributed by atoms with Crippen LogP contribution in [-0.4, -0.2) is 74.8 Å². The van der Waals surface area contributed by atoms with Crippen molar-refractivity contribution in [2.24, 2.45) is 4.99 Å². The van der Waals surface area contributed by atoms with E-state index in [0.29, 0.717) is 32.4 Å². The largest absolute Gasteiger partial charge is 0.386 e. The number of alkyl halides is 2. The average Bonchev–Trinajstić information content (AvgIpc) is 3.62. The first-order valence-corrected chi connectivity index (χ1v) is 15.1. The average molecular weight is 613 g/mol. The Balaban J connectivity index is 1.71. The van der Waals surface area contributed by atoms with Crippen LogP contribution in [-0.2, 0) is 10.0 Å². The number of sulfonamides is 1. The molecule has 9 nitrogen and oxygen atoms in total. The summed E-state index contributed by atoms with van der Waals surface area (Å²) in [7, 11) is -3.70. The predicted molar refractivity (Wildman–Crippen MR) is 146 cm³/mol. The summed E-state index contributed by atoms with van der Waals surface area (Å²) in [5, 5.41) is 18.2. The second-order valence-corrected chi connectivity index (χ2v) is 12.8. The van der Waals surface area contributed by atoms with E-state index in [4.69, 9.17) is 16.6 Å². The van der Waals surface area contributed by atoms with Crippen molar-refractivity contribution in [2.45, 2.75) is 24.6 Å². The van der Waals surface area contributed by atoms with E-state index in [1.54, 1.807) is 16.5 Å². The number of rotatable bonds is 9. The molecule has 0 saturated carbocycles. The fourth-order valence-corrected chi connectivity index (χ4v) is 6.70. The van der Waals surface area contributed by atoms with Gasteiger partial charge in [0.05, 0.1) is 18.5 Å². The van der Waals surface area contributed by atoms with E-state index in [1.807, 2.05) is 0 Å². The first kappa shape index (κ1) is 28.5. The van der Waals surface area contributed by atoms with Crippen molar-refractivity contribution in [3.63, 3.8) is 0 Å². The fraction of sp³-hybridized carbons (Fsp3) is 0.320. The number of benzene rings is 1. The second kappa shape index (κ2) is 10.7. The topological polar surface area (TPSA) is 104 Å². The Morgan fingerprint density at radius 2 is 2.15 bits per heavy atom. The van der Waals surface area contributed by atoms with Crippen LogP contribution in [0.5, 0.6) is 0 Å². The van der Waals surface area contributed by atoms with Crippen LogP contribution in [0.4, 0.5) is 13.2 Å². The lowest BCUT2D eigenvalue weighted by atomic mass is 9.91. The van der Waals surface area contributed by atoms with E-state index in [-0.39, 0.29) is 36.8 Å². The summed E-state index contributed by atoms with van der Waals surface area (Å²) in [4.78, 5) is 11.0. The van der Waals surface area contributed by atoms with Gasteiger partial charge in [-0.25, -0.2) is 22.5 Å². The van der Waals surface area contributed by atoms with Crippen molar-refractivity contribution in [1.82, 2.24) is 24.0 Å². The lowest BCUT2D eigenvalue weighted by Gasteiger charge is -2.32. The van der Waals surface area contributed by atoms with Gasteiger partial charge in [-0.05, 0) is 18.2 Å². The van der Waals surface area contributed by atoms with Crippen molar-refractivity contribution >= 4 is 44.4 Å². The molecule has 4 heterocycles. The quantitative estimate of drug-likeness (QED) is 0.361. The molecule has 1 N–H and O–H groups in total. The van der Waals surface area contributed by atoms with Crippen LogP contribution in [0.3, 0.4) is 0 Å². The van der Waals surface area contributed by atoms with Crippen LogP contribution in [0.1, 0.15) is 35.3 Å². The second-order valence-electron chi connectivity index (χ2n) is 9.51. The van der Waals surface area contributed by atoms with Crippen molar-refractivity contribution < 1.29 is 26.7 Å². The summed E-state index contributed by atoms with van der Waals surface area (Å²) >= 11 is 7.75. The Hall–Kier alpha value is -3.04. The van der Waals surface area contributed by atoms with Crippen LogP contribution in [0.15, 0.2) is 65.4 Å². The highest BCUT2D eigenvalue weighted by Crippen LogP contribution is 2.48. The molecule has 3 aromatic rings. The maximum absolute atomic E-state index is 14.0. The van der Waals surface area contributed by atoms with Gasteiger partial charge in [-0.15, -0.1) is 17.9 Å². The maximum atomic E-state index is 14.0. The van der Waals surface area contributed by atoms with Gasteiger partial charge < -0.3 is 10.0 Å². The standard InChI is InChI=1S/C25H24ClF3N6O3S2/c1-3-8-33(40(2,37)38)13-25(36)12-19-20(18-6-9-35(32-18)24(28)29)21(16-5-4-15(27)11-17(16)26)31-22(34(19)14-25)23-30-7-10-39-23/h3-7,9-11,21,24,36H,1,8,12-14H2,2H3/t21-,25-/m0/s1. The van der Waals surface area contributed by atoms with Crippen molar-refractivity contribution in [1.29, 1.82) is 0 Å². The van der Waals surface area contributed by atoms with E-state index < -0.39 is 34.0 Å². The smallest absolute Gasteiger partial charge is 0.333 e. The number of aromatic nitrogens is 3. The number of thiazole rings is 1. The van der Waals surface area contributed by atoms with Crippen molar-refractivity contribution in [2.75, 3.05) is 25.9 Å². The van der Waals surface area contributed by atoms with Gasteiger partial charge in [-0.2, -0.15) is 18.2 Å². The number of aliphatic hydroxyl groups is 1. The summed E-state index contributed by atoms with van der Waals surface area (Å²) in [6, 6.07) is 4.30. The molecule has 1 aromatic carbocycles. The van der Waals surface area contributed by atoms with Crippen LogP contribution in [0.25, 0.3) is 5.57 Å². The lowest BCUT2D eigenvalue weighted by molar-refractivity contribution is 0.0389. The highest BCUT2D eigenvalue weighted by Gasteiger charge is 2.48. The Labute approximate surface area is 237 Å². The number of hydrogen-bond acceptors (Lipinski definition) is 8. The van der Waals surface area contributed by atoms with Gasteiger partial charge >= 0.3 is 6.55 Å². The van der Waals surface area contributed by atoms with Gasteiger partial charge in [0.15, 0.2) is 10.8 Å². The molecule has 40 heavy (non-hydrogen) atoms. The SMILES string of the molecule is C=CCN(C[C@@]1(O)CC2=C(c3ccn(C(F)F)n3)[C@H](c3ccc(F)cc3Cl)N=C(c3nccs3)N2C1)S(C)(=O)=O. The third-order valence-electron chi connectivity index (χ3n) is 6.60. The Kier molecular flexibility index (Phi) is 7.65. The third kappa shape index (κ3) is 5.46. The van der Waals surface area contributed by atoms with Gasteiger partial charge in [0.1, 0.15) is 17.5 Å². The number of fused-ring (bicyclic) bond motifs is 1. The number of hydrogen-bond donors (Lipinski definition) is 1. The zero-order chi connectivity index (χ0) is 28.8. The zero-order valence-electron chi connectivity index (χ0n) is 21.1. The van der Waals surface area contributed by atoms with Crippen LogP contribution in [0, 0.1) is 5.82 Å². The molecule has 0 spiro atoms. The molecule has 0 aliphatic carbocycles. The minimum Gasteiger partial charge on any atom is -0.386 e. The number of amidine groups is 1. The van der Waals surface area contributed by atoms with E-state index in [0.717, 1.165) is 22.8 Å². The Bertz CT molecular complexity index is 1610. The Morgan fingerprint density at radius 3 is 2.75 bits per heavy atom. The lowest BCUT2D eigenvalue weighted by Crippen LogP contribution is -2.47. The van der Waals surface area contributed by atoms with Gasteiger partial charge in [0, 0.05) is 59.1 Å². The van der Waals surface area contributed by atoms with Crippen molar-refractivity contribution in [3.05, 3.63) is 87.5 Å². The molecular formula is C25H24ClF3N6O3S2. The maximum Gasteiger partial charge on any atom is 0.333 e. The molecule has 0 unspecified atom stereocenters. The highest BCUT2D eigenvalue weighted by molar-refractivity contribution is 7.88. The van der Waals surface area contributed by atoms with Crippen molar-refractivity contribution in [3.8, 4) is 0 Å². The molecule has 212 valence electrons. The summed E-state index contributed by atoms with van der Waals surface area (Å²) < 4.78 is 67.5. The molecule has 1 saturated heterocycles. The molecule has 2 aromatic heterocycles. The summed E-state index contributed by atoms with van der Waals surface area (Å²) in [5.74, 6) is -0.192. The number of halogens is 4. The highest BCUT2D eigenvalue weighted by atomic mass is 35.5. The van der Waals surface area contributed by atoms with E-state index >= 15 is 0 Å². The van der Waals surface area contributed by atoms with E-state index in [1.165, 1.54) is 35.6 Å².